The minimum Gasteiger partial charge on any atom is -0.489 e. The molecule has 0 radical (unpaired) electrons. The third-order valence-electron chi connectivity index (χ3n) is 3.40. The van der Waals surface area contributed by atoms with Gasteiger partial charge in [-0.2, -0.15) is 0 Å². The van der Waals surface area contributed by atoms with E-state index in [4.69, 9.17) is 16.3 Å². The smallest absolute Gasteiger partial charge is 0.121 e. The van der Waals surface area contributed by atoms with Crippen molar-refractivity contribution >= 4 is 11.6 Å². The van der Waals surface area contributed by atoms with Crippen molar-refractivity contribution < 1.29 is 4.74 Å². The summed E-state index contributed by atoms with van der Waals surface area (Å²) in [5.74, 6) is 0.803. The lowest BCUT2D eigenvalue weighted by Crippen LogP contribution is -2.15. The molecule has 1 saturated carbocycles. The molecule has 0 heterocycles. The van der Waals surface area contributed by atoms with Gasteiger partial charge in [0, 0.05) is 17.6 Å². The van der Waals surface area contributed by atoms with Crippen LogP contribution >= 0.6 is 11.6 Å². The highest BCUT2D eigenvalue weighted by molar-refractivity contribution is 6.30. The second-order valence-corrected chi connectivity index (χ2v) is 5.65. The van der Waals surface area contributed by atoms with Gasteiger partial charge in [-0.15, -0.1) is 0 Å². The molecule has 2 aromatic carbocycles. The maximum atomic E-state index is 5.93. The number of hydrogen-bond donors (Lipinski definition) is 1. The Morgan fingerprint density at radius 1 is 1.05 bits per heavy atom. The summed E-state index contributed by atoms with van der Waals surface area (Å²) < 4.78 is 5.72. The zero-order chi connectivity index (χ0) is 13.8. The van der Waals surface area contributed by atoms with Crippen molar-refractivity contribution in [1.82, 2.24) is 5.32 Å². The van der Waals surface area contributed by atoms with Crippen molar-refractivity contribution in [1.29, 1.82) is 0 Å². The van der Waals surface area contributed by atoms with Crippen LogP contribution in [0.3, 0.4) is 0 Å². The molecule has 0 atom stereocenters. The van der Waals surface area contributed by atoms with Gasteiger partial charge < -0.3 is 10.1 Å². The van der Waals surface area contributed by atoms with E-state index in [9.17, 15) is 0 Å². The second kappa shape index (κ2) is 6.29. The molecule has 1 aliphatic carbocycles. The van der Waals surface area contributed by atoms with Gasteiger partial charge in [0.2, 0.25) is 0 Å². The predicted octanol–water partition coefficient (Wildman–Crippen LogP) is 4.17. The summed E-state index contributed by atoms with van der Waals surface area (Å²) in [6, 6.07) is 16.8. The molecule has 3 rings (SSSR count). The Kier molecular flexibility index (Phi) is 4.24. The Labute approximate surface area is 124 Å². The summed E-state index contributed by atoms with van der Waals surface area (Å²) in [7, 11) is 0. The molecule has 0 aromatic heterocycles. The van der Waals surface area contributed by atoms with E-state index in [1.165, 1.54) is 24.0 Å². The first kappa shape index (κ1) is 13.5. The largest absolute Gasteiger partial charge is 0.489 e. The first-order valence-corrected chi connectivity index (χ1v) is 7.37. The van der Waals surface area contributed by atoms with Crippen molar-refractivity contribution in [3.8, 4) is 5.75 Å². The number of hydrogen-bond acceptors (Lipinski definition) is 2. The predicted molar refractivity (Wildman–Crippen MR) is 82.1 cm³/mol. The van der Waals surface area contributed by atoms with Gasteiger partial charge in [0.15, 0.2) is 0 Å². The average molecular weight is 288 g/mol. The molecule has 2 nitrogen and oxygen atoms in total. The van der Waals surface area contributed by atoms with Crippen LogP contribution in [0.25, 0.3) is 0 Å². The van der Waals surface area contributed by atoms with E-state index in [0.717, 1.165) is 18.3 Å². The van der Waals surface area contributed by atoms with Crippen LogP contribution in [0.1, 0.15) is 24.0 Å². The summed E-state index contributed by atoms with van der Waals surface area (Å²) in [6.45, 7) is 1.52. The minimum absolute atomic E-state index is 0.566. The number of nitrogens with one attached hydrogen (secondary N) is 1. The number of rotatable bonds is 6. The first-order chi connectivity index (χ1) is 9.79. The van der Waals surface area contributed by atoms with Crippen LogP contribution in [0.4, 0.5) is 0 Å². The summed E-state index contributed by atoms with van der Waals surface area (Å²) in [6.07, 6.45) is 2.65. The zero-order valence-corrected chi connectivity index (χ0v) is 12.1. The summed E-state index contributed by atoms with van der Waals surface area (Å²) in [4.78, 5) is 0. The third-order valence-corrected chi connectivity index (χ3v) is 3.63. The van der Waals surface area contributed by atoms with Gasteiger partial charge in [0.1, 0.15) is 12.4 Å². The number of ether oxygens (including phenoxy) is 1. The van der Waals surface area contributed by atoms with Gasteiger partial charge in [-0.3, -0.25) is 0 Å². The van der Waals surface area contributed by atoms with Crippen LogP contribution in [-0.4, -0.2) is 6.04 Å². The van der Waals surface area contributed by atoms with Gasteiger partial charge >= 0.3 is 0 Å². The molecular formula is C17H18ClNO. The lowest BCUT2D eigenvalue weighted by atomic mass is 10.1. The highest BCUT2D eigenvalue weighted by Crippen LogP contribution is 2.20. The van der Waals surface area contributed by atoms with E-state index in [-0.39, 0.29) is 0 Å². The maximum absolute atomic E-state index is 5.93. The highest BCUT2D eigenvalue weighted by atomic mass is 35.5. The molecule has 3 heteroatoms. The van der Waals surface area contributed by atoms with Gasteiger partial charge in [-0.05, 0) is 42.2 Å². The summed E-state index contributed by atoms with van der Waals surface area (Å²) in [5.41, 5.74) is 2.49. The molecule has 0 amide bonds. The van der Waals surface area contributed by atoms with E-state index in [1.807, 2.05) is 24.3 Å². The zero-order valence-electron chi connectivity index (χ0n) is 11.3. The van der Waals surface area contributed by atoms with Crippen LogP contribution in [0.2, 0.25) is 5.02 Å². The monoisotopic (exact) mass is 287 g/mol. The molecule has 20 heavy (non-hydrogen) atoms. The fraction of sp³-hybridized carbons (Fsp3) is 0.294. The molecule has 0 spiro atoms. The molecular weight excluding hydrogens is 270 g/mol. The number of benzene rings is 2. The van der Waals surface area contributed by atoms with Gasteiger partial charge in [0.05, 0.1) is 0 Å². The minimum atomic E-state index is 0.566. The normalized spacial score (nSPS) is 14.2. The van der Waals surface area contributed by atoms with Crippen molar-refractivity contribution in [2.75, 3.05) is 0 Å². The third kappa shape index (κ3) is 3.99. The molecule has 104 valence electrons. The fourth-order valence-corrected chi connectivity index (χ4v) is 2.21. The SMILES string of the molecule is Clc1cccc(OCc2ccc(CNC3CC3)cc2)c1. The van der Waals surface area contributed by atoms with E-state index in [0.29, 0.717) is 11.6 Å². The Hall–Kier alpha value is -1.51. The van der Waals surface area contributed by atoms with Crippen LogP contribution in [-0.2, 0) is 13.2 Å². The second-order valence-electron chi connectivity index (χ2n) is 5.22. The molecule has 1 N–H and O–H groups in total. The van der Waals surface area contributed by atoms with Gasteiger partial charge in [-0.1, -0.05) is 41.9 Å². The van der Waals surface area contributed by atoms with Crippen LogP contribution in [0.5, 0.6) is 5.75 Å². The summed E-state index contributed by atoms with van der Waals surface area (Å²) in [5, 5.41) is 4.21. The quantitative estimate of drug-likeness (QED) is 0.861. The van der Waals surface area contributed by atoms with Crippen molar-refractivity contribution in [2.24, 2.45) is 0 Å². The van der Waals surface area contributed by atoms with E-state index >= 15 is 0 Å². The van der Waals surface area contributed by atoms with Crippen LogP contribution in [0.15, 0.2) is 48.5 Å². The van der Waals surface area contributed by atoms with Crippen molar-refractivity contribution in [3.05, 3.63) is 64.7 Å². The van der Waals surface area contributed by atoms with Crippen LogP contribution < -0.4 is 10.1 Å². The Morgan fingerprint density at radius 3 is 2.50 bits per heavy atom. The topological polar surface area (TPSA) is 21.3 Å². The Morgan fingerprint density at radius 2 is 1.80 bits per heavy atom. The summed E-state index contributed by atoms with van der Waals surface area (Å²) >= 11 is 5.93. The average Bonchev–Trinajstić information content (AvgIpc) is 3.28. The van der Waals surface area contributed by atoms with Gasteiger partial charge in [-0.25, -0.2) is 0 Å². The Bertz CT molecular complexity index is 563. The lowest BCUT2D eigenvalue weighted by Gasteiger charge is -2.08. The van der Waals surface area contributed by atoms with E-state index < -0.39 is 0 Å². The van der Waals surface area contributed by atoms with E-state index in [1.54, 1.807) is 0 Å². The number of halogens is 1. The molecule has 0 unspecified atom stereocenters. The van der Waals surface area contributed by atoms with Crippen LogP contribution in [0, 0.1) is 0 Å². The molecule has 1 fully saturated rings. The van der Waals surface area contributed by atoms with Crippen molar-refractivity contribution in [2.45, 2.75) is 32.0 Å². The van der Waals surface area contributed by atoms with Crippen molar-refractivity contribution in [3.63, 3.8) is 0 Å². The molecule has 0 saturated heterocycles. The standard InChI is InChI=1S/C17H18ClNO/c18-15-2-1-3-17(10-15)20-12-14-6-4-13(5-7-14)11-19-16-8-9-16/h1-7,10,16,19H,8-9,11-12H2. The highest BCUT2D eigenvalue weighted by Gasteiger charge is 2.19. The lowest BCUT2D eigenvalue weighted by molar-refractivity contribution is 0.306. The first-order valence-electron chi connectivity index (χ1n) is 6.99. The molecule has 0 bridgehead atoms. The Balaban J connectivity index is 1.52. The fourth-order valence-electron chi connectivity index (χ4n) is 2.03. The maximum Gasteiger partial charge on any atom is 0.121 e. The molecule has 0 aliphatic heterocycles. The molecule has 2 aromatic rings. The molecule has 1 aliphatic rings. The van der Waals surface area contributed by atoms with Gasteiger partial charge in [0.25, 0.3) is 0 Å². The van der Waals surface area contributed by atoms with E-state index in [2.05, 4.69) is 29.6 Å².